The summed E-state index contributed by atoms with van der Waals surface area (Å²) in [6, 6.07) is 9.52. The van der Waals surface area contributed by atoms with E-state index in [4.69, 9.17) is 9.15 Å². The molecule has 0 aliphatic rings. The van der Waals surface area contributed by atoms with Crippen LogP contribution in [0.15, 0.2) is 47.0 Å². The molecule has 7 nitrogen and oxygen atoms in total. The Balaban J connectivity index is 1.51. The van der Waals surface area contributed by atoms with Crippen molar-refractivity contribution in [1.29, 1.82) is 0 Å². The molecule has 1 N–H and O–H groups in total. The van der Waals surface area contributed by atoms with E-state index < -0.39 is 11.7 Å². The molecule has 1 amide bonds. The Hall–Kier alpha value is -3.29. The molecule has 2 heterocycles. The molecule has 3 rings (SSSR count). The van der Waals surface area contributed by atoms with Crippen molar-refractivity contribution in [2.45, 2.75) is 13.5 Å². The van der Waals surface area contributed by atoms with E-state index in [1.807, 2.05) is 19.1 Å². The lowest BCUT2D eigenvalue weighted by Gasteiger charge is -2.06. The van der Waals surface area contributed by atoms with E-state index in [2.05, 4.69) is 20.5 Å². The second-order valence-electron chi connectivity index (χ2n) is 5.19. The SMILES string of the molecule is Cc1ccc(-c2nnc(CNC(=O)COc3ccccc3F)o2)cn1. The van der Waals surface area contributed by atoms with E-state index >= 15 is 0 Å². The third-order valence-corrected chi connectivity index (χ3v) is 3.26. The lowest BCUT2D eigenvalue weighted by Crippen LogP contribution is -2.28. The van der Waals surface area contributed by atoms with Crippen molar-refractivity contribution in [3.63, 3.8) is 0 Å². The van der Waals surface area contributed by atoms with Crippen molar-refractivity contribution in [2.24, 2.45) is 0 Å². The Morgan fingerprint density at radius 1 is 1.24 bits per heavy atom. The van der Waals surface area contributed by atoms with Crippen LogP contribution in [0.4, 0.5) is 4.39 Å². The molecule has 0 saturated carbocycles. The van der Waals surface area contributed by atoms with Gasteiger partial charge in [0.25, 0.3) is 5.91 Å². The number of benzene rings is 1. The first-order chi connectivity index (χ1) is 12.1. The summed E-state index contributed by atoms with van der Waals surface area (Å²) in [7, 11) is 0. The molecule has 128 valence electrons. The fraction of sp³-hybridized carbons (Fsp3) is 0.176. The van der Waals surface area contributed by atoms with Crippen LogP contribution in [0.2, 0.25) is 0 Å². The zero-order valence-corrected chi connectivity index (χ0v) is 13.4. The summed E-state index contributed by atoms with van der Waals surface area (Å²) in [6.45, 7) is 1.61. The van der Waals surface area contributed by atoms with Crippen molar-refractivity contribution in [3.05, 3.63) is 60.0 Å². The summed E-state index contributed by atoms with van der Waals surface area (Å²) < 4.78 is 24.0. The zero-order chi connectivity index (χ0) is 17.6. The minimum atomic E-state index is -0.524. The monoisotopic (exact) mass is 342 g/mol. The van der Waals surface area contributed by atoms with Crippen LogP contribution < -0.4 is 10.1 Å². The maximum Gasteiger partial charge on any atom is 0.258 e. The summed E-state index contributed by atoms with van der Waals surface area (Å²) in [5.41, 5.74) is 1.57. The van der Waals surface area contributed by atoms with Crippen LogP contribution in [0.3, 0.4) is 0 Å². The number of carbonyl (C=O) groups is 1. The number of nitrogens with zero attached hydrogens (tertiary/aromatic N) is 3. The number of aryl methyl sites for hydroxylation is 1. The minimum absolute atomic E-state index is 0.0181. The summed E-state index contributed by atoms with van der Waals surface area (Å²) in [4.78, 5) is 15.9. The smallest absolute Gasteiger partial charge is 0.258 e. The second-order valence-corrected chi connectivity index (χ2v) is 5.19. The largest absolute Gasteiger partial charge is 0.481 e. The topological polar surface area (TPSA) is 90.1 Å². The Morgan fingerprint density at radius 2 is 2.08 bits per heavy atom. The van der Waals surface area contributed by atoms with Crippen molar-refractivity contribution < 1.29 is 18.3 Å². The molecular weight excluding hydrogens is 327 g/mol. The number of para-hydroxylation sites is 1. The van der Waals surface area contributed by atoms with E-state index in [1.54, 1.807) is 18.3 Å². The van der Waals surface area contributed by atoms with Gasteiger partial charge in [0, 0.05) is 11.9 Å². The third kappa shape index (κ3) is 4.37. The van der Waals surface area contributed by atoms with Crippen molar-refractivity contribution in [3.8, 4) is 17.2 Å². The van der Waals surface area contributed by atoms with Crippen LogP contribution >= 0.6 is 0 Å². The highest BCUT2D eigenvalue weighted by molar-refractivity contribution is 5.77. The van der Waals surface area contributed by atoms with Gasteiger partial charge >= 0.3 is 0 Å². The molecule has 25 heavy (non-hydrogen) atoms. The second kappa shape index (κ2) is 7.52. The molecule has 0 radical (unpaired) electrons. The number of ether oxygens (including phenoxy) is 1. The number of amides is 1. The van der Waals surface area contributed by atoms with Crippen LogP contribution in [-0.2, 0) is 11.3 Å². The van der Waals surface area contributed by atoms with E-state index in [-0.39, 0.29) is 24.8 Å². The number of rotatable bonds is 6. The average molecular weight is 342 g/mol. The average Bonchev–Trinajstić information content (AvgIpc) is 3.09. The van der Waals surface area contributed by atoms with Crippen molar-refractivity contribution in [2.75, 3.05) is 6.61 Å². The first-order valence-corrected chi connectivity index (χ1v) is 7.51. The molecule has 0 fully saturated rings. The molecule has 0 aliphatic heterocycles. The highest BCUT2D eigenvalue weighted by Gasteiger charge is 2.11. The number of aromatic nitrogens is 3. The standard InChI is InChI=1S/C17H15FN4O3/c1-11-6-7-12(8-19-11)17-22-21-16(25-17)9-20-15(23)10-24-14-5-3-2-4-13(14)18/h2-8H,9-10H2,1H3,(H,20,23). The van der Waals surface area contributed by atoms with Gasteiger partial charge in [-0.3, -0.25) is 9.78 Å². The van der Waals surface area contributed by atoms with Gasteiger partial charge in [-0.25, -0.2) is 4.39 Å². The summed E-state index contributed by atoms with van der Waals surface area (Å²) in [5, 5.41) is 10.3. The Kier molecular flexibility index (Phi) is 4.98. The van der Waals surface area contributed by atoms with Crippen LogP contribution in [0, 0.1) is 12.7 Å². The quantitative estimate of drug-likeness (QED) is 0.739. The molecule has 8 heteroatoms. The van der Waals surface area contributed by atoms with Gasteiger partial charge in [-0.05, 0) is 31.2 Å². The van der Waals surface area contributed by atoms with Gasteiger partial charge in [-0.1, -0.05) is 12.1 Å². The van der Waals surface area contributed by atoms with Crippen LogP contribution in [-0.4, -0.2) is 27.7 Å². The zero-order valence-electron chi connectivity index (χ0n) is 13.4. The lowest BCUT2D eigenvalue weighted by molar-refractivity contribution is -0.123. The maximum atomic E-state index is 13.4. The normalized spacial score (nSPS) is 10.5. The molecule has 0 unspecified atom stereocenters. The van der Waals surface area contributed by atoms with Crippen LogP contribution in [0.5, 0.6) is 5.75 Å². The van der Waals surface area contributed by atoms with Gasteiger partial charge in [0.05, 0.1) is 12.1 Å². The van der Waals surface area contributed by atoms with Crippen molar-refractivity contribution >= 4 is 5.91 Å². The number of hydrogen-bond acceptors (Lipinski definition) is 6. The molecule has 3 aromatic rings. The molecule has 0 saturated heterocycles. The van der Waals surface area contributed by atoms with E-state index in [0.717, 1.165) is 5.69 Å². The van der Waals surface area contributed by atoms with E-state index in [1.165, 1.54) is 12.1 Å². The number of hydrogen-bond donors (Lipinski definition) is 1. The van der Waals surface area contributed by atoms with Crippen LogP contribution in [0.25, 0.3) is 11.5 Å². The van der Waals surface area contributed by atoms with Gasteiger partial charge in [0.15, 0.2) is 18.2 Å². The van der Waals surface area contributed by atoms with Crippen LogP contribution in [0.1, 0.15) is 11.6 Å². The lowest BCUT2D eigenvalue weighted by atomic mass is 10.2. The molecule has 2 aromatic heterocycles. The van der Waals surface area contributed by atoms with E-state index in [9.17, 15) is 9.18 Å². The number of nitrogens with one attached hydrogen (secondary N) is 1. The molecule has 1 aromatic carbocycles. The molecule has 0 aliphatic carbocycles. The number of halogens is 1. The highest BCUT2D eigenvalue weighted by atomic mass is 19.1. The third-order valence-electron chi connectivity index (χ3n) is 3.26. The van der Waals surface area contributed by atoms with Gasteiger partial charge in [-0.2, -0.15) is 0 Å². The fourth-order valence-electron chi connectivity index (χ4n) is 1.97. The molecule has 0 atom stereocenters. The van der Waals surface area contributed by atoms with E-state index in [0.29, 0.717) is 11.5 Å². The Labute approximate surface area is 142 Å². The maximum absolute atomic E-state index is 13.4. The van der Waals surface area contributed by atoms with Crippen molar-refractivity contribution in [1.82, 2.24) is 20.5 Å². The van der Waals surface area contributed by atoms with Gasteiger partial charge in [-0.15, -0.1) is 10.2 Å². The Bertz CT molecular complexity index is 864. The highest BCUT2D eigenvalue weighted by Crippen LogP contribution is 2.17. The predicted octanol–water partition coefficient (Wildman–Crippen LogP) is 2.27. The molecular formula is C17H15FN4O3. The summed E-state index contributed by atoms with van der Waals surface area (Å²) >= 11 is 0. The minimum Gasteiger partial charge on any atom is -0.481 e. The summed E-state index contributed by atoms with van der Waals surface area (Å²) in [6.07, 6.45) is 1.63. The summed E-state index contributed by atoms with van der Waals surface area (Å²) in [5.74, 6) is -0.373. The Morgan fingerprint density at radius 3 is 2.84 bits per heavy atom. The first-order valence-electron chi connectivity index (χ1n) is 7.51. The first kappa shape index (κ1) is 16.6. The number of pyridine rings is 1. The fourth-order valence-corrected chi connectivity index (χ4v) is 1.97. The number of carbonyl (C=O) groups excluding carboxylic acids is 1. The molecule has 0 bridgehead atoms. The molecule has 0 spiro atoms. The van der Waals surface area contributed by atoms with Gasteiger partial charge in [0.2, 0.25) is 11.8 Å². The van der Waals surface area contributed by atoms with Gasteiger partial charge in [0.1, 0.15) is 0 Å². The predicted molar refractivity (Wildman–Crippen MR) is 86.0 cm³/mol. The van der Waals surface area contributed by atoms with Gasteiger partial charge < -0.3 is 14.5 Å².